The van der Waals surface area contributed by atoms with Gasteiger partial charge in [0.25, 0.3) is 0 Å². The standard InChI is InChI=1S/C10H12N4OS/c1-7-3-9(15-2)14-10(13-7)11-4-8-5-16-6-12-8/h3,5-6H,4H2,1-2H3,(H,11,13,14). The molecule has 0 aliphatic rings. The van der Waals surface area contributed by atoms with Crippen LogP contribution in [-0.2, 0) is 6.54 Å². The summed E-state index contributed by atoms with van der Waals surface area (Å²) in [6.45, 7) is 2.52. The number of hydrogen-bond acceptors (Lipinski definition) is 6. The number of methoxy groups -OCH3 is 1. The molecule has 0 aromatic carbocycles. The van der Waals surface area contributed by atoms with Crippen LogP contribution >= 0.6 is 11.3 Å². The van der Waals surface area contributed by atoms with Gasteiger partial charge in [0.15, 0.2) is 0 Å². The normalized spacial score (nSPS) is 10.1. The van der Waals surface area contributed by atoms with Gasteiger partial charge < -0.3 is 10.1 Å². The van der Waals surface area contributed by atoms with E-state index < -0.39 is 0 Å². The van der Waals surface area contributed by atoms with Gasteiger partial charge in [-0.05, 0) is 6.92 Å². The second-order valence-corrected chi connectivity index (χ2v) is 3.93. The highest BCUT2D eigenvalue weighted by atomic mass is 32.1. The molecule has 0 unspecified atom stereocenters. The number of ether oxygens (including phenoxy) is 1. The van der Waals surface area contributed by atoms with E-state index in [-0.39, 0.29) is 0 Å². The fourth-order valence-corrected chi connectivity index (χ4v) is 1.78. The Kier molecular flexibility index (Phi) is 3.31. The van der Waals surface area contributed by atoms with Crippen molar-refractivity contribution >= 4 is 17.3 Å². The van der Waals surface area contributed by atoms with E-state index in [2.05, 4.69) is 20.3 Å². The van der Waals surface area contributed by atoms with Gasteiger partial charge in [-0.3, -0.25) is 0 Å². The van der Waals surface area contributed by atoms with E-state index in [9.17, 15) is 0 Å². The van der Waals surface area contributed by atoms with Gasteiger partial charge in [-0.1, -0.05) is 0 Å². The molecule has 2 rings (SSSR count). The summed E-state index contributed by atoms with van der Waals surface area (Å²) in [5.74, 6) is 1.12. The first kappa shape index (κ1) is 10.8. The molecule has 6 heteroatoms. The number of anilines is 1. The third-order valence-corrected chi connectivity index (χ3v) is 2.59. The van der Waals surface area contributed by atoms with Crippen molar-refractivity contribution in [2.75, 3.05) is 12.4 Å². The number of rotatable bonds is 4. The molecule has 0 aliphatic carbocycles. The van der Waals surface area contributed by atoms with Crippen LogP contribution < -0.4 is 10.1 Å². The number of nitrogens with one attached hydrogen (secondary N) is 1. The molecule has 0 radical (unpaired) electrons. The molecular formula is C10H12N4OS. The molecule has 5 nitrogen and oxygen atoms in total. The maximum Gasteiger partial charge on any atom is 0.226 e. The summed E-state index contributed by atoms with van der Waals surface area (Å²) in [5, 5.41) is 5.09. The summed E-state index contributed by atoms with van der Waals surface area (Å²) in [7, 11) is 1.59. The van der Waals surface area contributed by atoms with E-state index in [1.807, 2.05) is 12.3 Å². The average molecular weight is 236 g/mol. The molecule has 2 aromatic heterocycles. The van der Waals surface area contributed by atoms with Gasteiger partial charge in [0.2, 0.25) is 11.8 Å². The fourth-order valence-electron chi connectivity index (χ4n) is 1.22. The molecule has 0 saturated carbocycles. The van der Waals surface area contributed by atoms with Crippen LogP contribution in [0.15, 0.2) is 17.0 Å². The second-order valence-electron chi connectivity index (χ2n) is 3.21. The van der Waals surface area contributed by atoms with Crippen LogP contribution in [0.25, 0.3) is 0 Å². The van der Waals surface area contributed by atoms with Gasteiger partial charge >= 0.3 is 0 Å². The lowest BCUT2D eigenvalue weighted by Gasteiger charge is -2.05. The minimum atomic E-state index is 0.560. The molecule has 0 spiro atoms. The molecule has 0 aliphatic heterocycles. The molecule has 2 aromatic rings. The van der Waals surface area contributed by atoms with Gasteiger partial charge in [0.1, 0.15) is 0 Å². The Labute approximate surface area is 97.5 Å². The number of nitrogens with zero attached hydrogens (tertiary/aromatic N) is 3. The molecule has 84 valence electrons. The molecule has 0 fully saturated rings. The van der Waals surface area contributed by atoms with Crippen LogP contribution in [-0.4, -0.2) is 22.1 Å². The first-order valence-electron chi connectivity index (χ1n) is 4.78. The summed E-state index contributed by atoms with van der Waals surface area (Å²) in [4.78, 5) is 12.6. The van der Waals surface area contributed by atoms with Gasteiger partial charge in [-0.25, -0.2) is 9.97 Å². The Bertz CT molecular complexity index is 458. The third kappa shape index (κ3) is 2.66. The van der Waals surface area contributed by atoms with Gasteiger partial charge in [-0.15, -0.1) is 11.3 Å². The quantitative estimate of drug-likeness (QED) is 0.878. The molecular weight excluding hydrogens is 224 g/mol. The van der Waals surface area contributed by atoms with E-state index in [4.69, 9.17) is 4.74 Å². The van der Waals surface area contributed by atoms with Gasteiger partial charge in [0, 0.05) is 17.1 Å². The van der Waals surface area contributed by atoms with E-state index >= 15 is 0 Å². The number of aryl methyl sites for hydroxylation is 1. The molecule has 0 bridgehead atoms. The lowest BCUT2D eigenvalue weighted by atomic mass is 10.4. The largest absolute Gasteiger partial charge is 0.481 e. The Hall–Kier alpha value is -1.69. The molecule has 16 heavy (non-hydrogen) atoms. The molecule has 0 saturated heterocycles. The SMILES string of the molecule is COc1cc(C)nc(NCc2cscn2)n1. The van der Waals surface area contributed by atoms with Crippen molar-refractivity contribution in [2.24, 2.45) is 0 Å². The zero-order valence-corrected chi connectivity index (χ0v) is 9.91. The summed E-state index contributed by atoms with van der Waals surface area (Å²) < 4.78 is 5.07. The van der Waals surface area contributed by atoms with Crippen molar-refractivity contribution < 1.29 is 4.74 Å². The van der Waals surface area contributed by atoms with Crippen molar-refractivity contribution in [1.29, 1.82) is 0 Å². The molecule has 1 N–H and O–H groups in total. The lowest BCUT2D eigenvalue weighted by Crippen LogP contribution is -2.05. The van der Waals surface area contributed by atoms with Crippen LogP contribution in [0.2, 0.25) is 0 Å². The van der Waals surface area contributed by atoms with Crippen molar-refractivity contribution in [3.8, 4) is 5.88 Å². The summed E-state index contributed by atoms with van der Waals surface area (Å²) in [5.41, 5.74) is 3.65. The number of aromatic nitrogens is 3. The lowest BCUT2D eigenvalue weighted by molar-refractivity contribution is 0.397. The average Bonchev–Trinajstić information content (AvgIpc) is 2.78. The van der Waals surface area contributed by atoms with E-state index in [1.165, 1.54) is 0 Å². The highest BCUT2D eigenvalue weighted by Gasteiger charge is 2.02. The monoisotopic (exact) mass is 236 g/mol. The predicted molar refractivity (Wildman–Crippen MR) is 62.8 cm³/mol. The maximum absolute atomic E-state index is 5.07. The van der Waals surface area contributed by atoms with Crippen LogP contribution in [0.1, 0.15) is 11.4 Å². The van der Waals surface area contributed by atoms with Gasteiger partial charge in [-0.2, -0.15) is 4.98 Å². The number of thiazole rings is 1. The zero-order chi connectivity index (χ0) is 11.4. The summed E-state index contributed by atoms with van der Waals surface area (Å²) in [6.07, 6.45) is 0. The van der Waals surface area contributed by atoms with Crippen LogP contribution in [0, 0.1) is 6.92 Å². The Morgan fingerprint density at radius 2 is 2.31 bits per heavy atom. The number of hydrogen-bond donors (Lipinski definition) is 1. The maximum atomic E-state index is 5.07. The zero-order valence-electron chi connectivity index (χ0n) is 9.10. The van der Waals surface area contributed by atoms with E-state index in [0.29, 0.717) is 18.4 Å². The van der Waals surface area contributed by atoms with Crippen molar-refractivity contribution in [2.45, 2.75) is 13.5 Å². The molecule has 0 amide bonds. The van der Waals surface area contributed by atoms with Crippen LogP contribution in [0.3, 0.4) is 0 Å². The Morgan fingerprint density at radius 1 is 1.44 bits per heavy atom. The van der Waals surface area contributed by atoms with Crippen molar-refractivity contribution in [1.82, 2.24) is 15.0 Å². The van der Waals surface area contributed by atoms with Crippen LogP contribution in [0.4, 0.5) is 5.95 Å². The molecule has 0 atom stereocenters. The summed E-state index contributed by atoms with van der Waals surface area (Å²) in [6, 6.07) is 1.79. The minimum Gasteiger partial charge on any atom is -0.481 e. The van der Waals surface area contributed by atoms with E-state index in [0.717, 1.165) is 11.4 Å². The molecule has 2 heterocycles. The smallest absolute Gasteiger partial charge is 0.226 e. The summed E-state index contributed by atoms with van der Waals surface area (Å²) >= 11 is 1.57. The fraction of sp³-hybridized carbons (Fsp3) is 0.300. The Morgan fingerprint density at radius 3 is 3.00 bits per heavy atom. The minimum absolute atomic E-state index is 0.560. The van der Waals surface area contributed by atoms with Crippen LogP contribution in [0.5, 0.6) is 5.88 Å². The second kappa shape index (κ2) is 4.89. The first-order valence-corrected chi connectivity index (χ1v) is 5.73. The van der Waals surface area contributed by atoms with Crippen molar-refractivity contribution in [3.05, 3.63) is 28.3 Å². The van der Waals surface area contributed by atoms with Gasteiger partial charge in [0.05, 0.1) is 24.9 Å². The predicted octanol–water partition coefficient (Wildman–Crippen LogP) is 1.86. The highest BCUT2D eigenvalue weighted by molar-refractivity contribution is 7.07. The van der Waals surface area contributed by atoms with Crippen molar-refractivity contribution in [3.63, 3.8) is 0 Å². The first-order chi connectivity index (χ1) is 7.78. The Balaban J connectivity index is 2.06. The topological polar surface area (TPSA) is 59.9 Å². The third-order valence-electron chi connectivity index (χ3n) is 1.95. The van der Waals surface area contributed by atoms with E-state index in [1.54, 1.807) is 30.0 Å². The highest BCUT2D eigenvalue weighted by Crippen LogP contribution is 2.12.